The monoisotopic (exact) mass is 292 g/mol. The fourth-order valence-electron chi connectivity index (χ4n) is 3.13. The number of carbonyl (C=O) groups is 1. The smallest absolute Gasteiger partial charge is 0.222 e. The number of benzene rings is 1. The van der Waals surface area contributed by atoms with Gasteiger partial charge in [0, 0.05) is 25.1 Å². The molecule has 1 aromatic carbocycles. The molecule has 1 fully saturated rings. The third-order valence-corrected chi connectivity index (χ3v) is 4.13. The summed E-state index contributed by atoms with van der Waals surface area (Å²) in [6.45, 7) is 6.25. The third-order valence-electron chi connectivity index (χ3n) is 4.13. The standard InChI is InChI=1S/C17H25FN2O/c1-3-7-13-10-17(21)20(11-13)12-16(19-4-2)14-8-5-6-9-15(14)18/h5-6,8-9,13,16,19H,3-4,7,10-12H2,1-2H3. The highest BCUT2D eigenvalue weighted by molar-refractivity contribution is 5.78. The van der Waals surface area contributed by atoms with Crippen LogP contribution in [0, 0.1) is 11.7 Å². The molecular formula is C17H25FN2O. The number of likely N-dealkylation sites (tertiary alicyclic amines) is 1. The van der Waals surface area contributed by atoms with Crippen LogP contribution < -0.4 is 5.32 Å². The summed E-state index contributed by atoms with van der Waals surface area (Å²) >= 11 is 0. The fraction of sp³-hybridized carbons (Fsp3) is 0.588. The molecular weight excluding hydrogens is 267 g/mol. The highest BCUT2D eigenvalue weighted by atomic mass is 19.1. The van der Waals surface area contributed by atoms with Crippen molar-refractivity contribution in [2.75, 3.05) is 19.6 Å². The minimum Gasteiger partial charge on any atom is -0.340 e. The maximum Gasteiger partial charge on any atom is 0.222 e. The van der Waals surface area contributed by atoms with E-state index in [0.29, 0.717) is 24.4 Å². The number of nitrogens with zero attached hydrogens (tertiary/aromatic N) is 1. The van der Waals surface area contributed by atoms with E-state index in [4.69, 9.17) is 0 Å². The quantitative estimate of drug-likeness (QED) is 0.837. The van der Waals surface area contributed by atoms with Gasteiger partial charge in [-0.1, -0.05) is 38.5 Å². The molecule has 1 saturated heterocycles. The van der Waals surface area contributed by atoms with Crippen LogP contribution >= 0.6 is 0 Å². The first-order chi connectivity index (χ1) is 10.2. The van der Waals surface area contributed by atoms with E-state index in [2.05, 4.69) is 12.2 Å². The molecule has 0 bridgehead atoms. The van der Waals surface area contributed by atoms with Crippen LogP contribution in [0.15, 0.2) is 24.3 Å². The number of hydrogen-bond acceptors (Lipinski definition) is 2. The molecule has 1 amide bonds. The molecule has 1 aromatic rings. The lowest BCUT2D eigenvalue weighted by Gasteiger charge is -2.25. The second-order valence-electron chi connectivity index (χ2n) is 5.79. The van der Waals surface area contributed by atoms with Crippen LogP contribution in [-0.4, -0.2) is 30.4 Å². The van der Waals surface area contributed by atoms with E-state index in [0.717, 1.165) is 25.9 Å². The molecule has 0 spiro atoms. The Hall–Kier alpha value is -1.42. The van der Waals surface area contributed by atoms with E-state index in [1.54, 1.807) is 12.1 Å². The van der Waals surface area contributed by atoms with Crippen LogP contribution in [0.3, 0.4) is 0 Å². The van der Waals surface area contributed by atoms with Crippen LogP contribution in [0.4, 0.5) is 4.39 Å². The Morgan fingerprint density at radius 3 is 2.81 bits per heavy atom. The molecule has 1 aliphatic rings. The normalized spacial score (nSPS) is 20.0. The highest BCUT2D eigenvalue weighted by Gasteiger charge is 2.31. The molecule has 2 unspecified atom stereocenters. The van der Waals surface area contributed by atoms with Crippen molar-refractivity contribution in [2.45, 2.75) is 39.2 Å². The number of halogens is 1. The molecule has 21 heavy (non-hydrogen) atoms. The van der Waals surface area contributed by atoms with Gasteiger partial charge in [-0.25, -0.2) is 4.39 Å². The Bertz CT molecular complexity index is 478. The van der Waals surface area contributed by atoms with E-state index in [9.17, 15) is 9.18 Å². The van der Waals surface area contributed by atoms with Crippen LogP contribution in [0.1, 0.15) is 44.7 Å². The van der Waals surface area contributed by atoms with Gasteiger partial charge in [0.05, 0.1) is 6.04 Å². The predicted octanol–water partition coefficient (Wildman–Crippen LogP) is 3.12. The maximum absolute atomic E-state index is 14.0. The SMILES string of the molecule is CCCC1CC(=O)N(CC(NCC)c2ccccc2F)C1. The van der Waals surface area contributed by atoms with Crippen LogP contribution in [-0.2, 0) is 4.79 Å². The summed E-state index contributed by atoms with van der Waals surface area (Å²) in [4.78, 5) is 14.0. The Balaban J connectivity index is 2.07. The molecule has 1 heterocycles. The van der Waals surface area contributed by atoms with E-state index in [-0.39, 0.29) is 17.8 Å². The van der Waals surface area contributed by atoms with Crippen LogP contribution in [0.2, 0.25) is 0 Å². The van der Waals surface area contributed by atoms with Gasteiger partial charge in [0.2, 0.25) is 5.91 Å². The van der Waals surface area contributed by atoms with Gasteiger partial charge in [0.1, 0.15) is 5.82 Å². The van der Waals surface area contributed by atoms with Gasteiger partial charge >= 0.3 is 0 Å². The maximum atomic E-state index is 14.0. The summed E-state index contributed by atoms with van der Waals surface area (Å²) in [6.07, 6.45) is 2.84. The van der Waals surface area contributed by atoms with Crippen LogP contribution in [0.5, 0.6) is 0 Å². The first kappa shape index (κ1) is 16.0. The van der Waals surface area contributed by atoms with Gasteiger partial charge in [0.15, 0.2) is 0 Å². The second-order valence-corrected chi connectivity index (χ2v) is 5.79. The van der Waals surface area contributed by atoms with E-state index in [1.165, 1.54) is 6.07 Å². The Morgan fingerprint density at radius 2 is 2.14 bits per heavy atom. The summed E-state index contributed by atoms with van der Waals surface area (Å²) < 4.78 is 14.0. The van der Waals surface area contributed by atoms with Gasteiger partial charge in [0.25, 0.3) is 0 Å². The molecule has 4 heteroatoms. The molecule has 0 aromatic heterocycles. The van der Waals surface area contributed by atoms with Gasteiger partial charge < -0.3 is 10.2 Å². The van der Waals surface area contributed by atoms with Gasteiger partial charge in [-0.3, -0.25) is 4.79 Å². The molecule has 0 aliphatic carbocycles. The highest BCUT2D eigenvalue weighted by Crippen LogP contribution is 2.25. The Morgan fingerprint density at radius 1 is 1.38 bits per heavy atom. The number of hydrogen-bond donors (Lipinski definition) is 1. The van der Waals surface area contributed by atoms with Crippen molar-refractivity contribution in [1.82, 2.24) is 10.2 Å². The minimum atomic E-state index is -0.208. The lowest BCUT2D eigenvalue weighted by atomic mass is 10.0. The summed E-state index contributed by atoms with van der Waals surface area (Å²) in [6, 6.07) is 6.67. The van der Waals surface area contributed by atoms with E-state index in [1.807, 2.05) is 17.9 Å². The number of rotatable bonds is 7. The molecule has 0 radical (unpaired) electrons. The predicted molar refractivity (Wildman–Crippen MR) is 82.4 cm³/mol. The van der Waals surface area contributed by atoms with Gasteiger partial charge in [-0.15, -0.1) is 0 Å². The molecule has 2 atom stereocenters. The van der Waals surface area contributed by atoms with Crippen molar-refractivity contribution in [3.8, 4) is 0 Å². The lowest BCUT2D eigenvalue weighted by Crippen LogP contribution is -2.36. The lowest BCUT2D eigenvalue weighted by molar-refractivity contribution is -0.128. The second kappa shape index (κ2) is 7.55. The van der Waals surface area contributed by atoms with E-state index >= 15 is 0 Å². The minimum absolute atomic E-state index is 0.138. The first-order valence-electron chi connectivity index (χ1n) is 7.91. The first-order valence-corrected chi connectivity index (χ1v) is 7.91. The summed E-state index contributed by atoms with van der Waals surface area (Å²) in [5.41, 5.74) is 0.645. The van der Waals surface area contributed by atoms with Crippen molar-refractivity contribution in [1.29, 1.82) is 0 Å². The largest absolute Gasteiger partial charge is 0.340 e. The molecule has 1 aliphatic heterocycles. The Kier molecular flexibility index (Phi) is 5.74. The molecule has 116 valence electrons. The average molecular weight is 292 g/mol. The summed E-state index contributed by atoms with van der Waals surface area (Å²) in [5, 5.41) is 3.30. The zero-order chi connectivity index (χ0) is 15.2. The zero-order valence-corrected chi connectivity index (χ0v) is 12.9. The topological polar surface area (TPSA) is 32.3 Å². The number of nitrogens with one attached hydrogen (secondary N) is 1. The number of amides is 1. The van der Waals surface area contributed by atoms with Gasteiger partial charge in [-0.05, 0) is 24.9 Å². The molecule has 0 saturated carbocycles. The fourth-order valence-corrected chi connectivity index (χ4v) is 3.13. The van der Waals surface area contributed by atoms with Gasteiger partial charge in [-0.2, -0.15) is 0 Å². The summed E-state index contributed by atoms with van der Waals surface area (Å²) in [5.74, 6) is 0.457. The number of carbonyl (C=O) groups excluding carboxylic acids is 1. The molecule has 2 rings (SSSR count). The zero-order valence-electron chi connectivity index (χ0n) is 12.9. The van der Waals surface area contributed by atoms with Crippen molar-refractivity contribution in [3.05, 3.63) is 35.6 Å². The average Bonchev–Trinajstić information content (AvgIpc) is 2.79. The Labute approximate surface area is 126 Å². The van der Waals surface area contributed by atoms with Crippen LogP contribution in [0.25, 0.3) is 0 Å². The van der Waals surface area contributed by atoms with Crippen molar-refractivity contribution < 1.29 is 9.18 Å². The van der Waals surface area contributed by atoms with E-state index < -0.39 is 0 Å². The summed E-state index contributed by atoms with van der Waals surface area (Å²) in [7, 11) is 0. The van der Waals surface area contributed by atoms with Crippen molar-refractivity contribution in [3.63, 3.8) is 0 Å². The molecule has 3 nitrogen and oxygen atoms in total. The van der Waals surface area contributed by atoms with Crippen molar-refractivity contribution in [2.24, 2.45) is 5.92 Å². The van der Waals surface area contributed by atoms with Crippen molar-refractivity contribution >= 4 is 5.91 Å². The third kappa shape index (κ3) is 4.03. The molecule has 1 N–H and O–H groups in total. The number of likely N-dealkylation sites (N-methyl/N-ethyl adjacent to an activating group) is 1.